The fourth-order valence-corrected chi connectivity index (χ4v) is 1.60. The zero-order valence-corrected chi connectivity index (χ0v) is 10.7. The molecule has 0 amide bonds. The van der Waals surface area contributed by atoms with Crippen LogP contribution in [-0.4, -0.2) is 21.6 Å². The standard InChI is InChI=1S/C12H10F2N4O3/c1-2-5-15-6-9-16-12(17-21-9)10-7(13)3-4-8(11(10)14)18(19)20/h2-4,15H,1,5-6H2. The van der Waals surface area contributed by atoms with Crippen molar-refractivity contribution in [3.63, 3.8) is 0 Å². The van der Waals surface area contributed by atoms with Crippen LogP contribution in [0, 0.1) is 21.7 Å². The van der Waals surface area contributed by atoms with Gasteiger partial charge in [-0.3, -0.25) is 10.1 Å². The number of aromatic nitrogens is 2. The first-order valence-corrected chi connectivity index (χ1v) is 5.81. The van der Waals surface area contributed by atoms with Crippen LogP contribution in [0.1, 0.15) is 5.89 Å². The Morgan fingerprint density at radius 1 is 1.48 bits per heavy atom. The summed E-state index contributed by atoms with van der Waals surface area (Å²) in [7, 11) is 0. The lowest BCUT2D eigenvalue weighted by atomic mass is 10.1. The molecule has 0 atom stereocenters. The molecule has 0 saturated heterocycles. The van der Waals surface area contributed by atoms with Gasteiger partial charge >= 0.3 is 5.69 Å². The number of halogens is 2. The summed E-state index contributed by atoms with van der Waals surface area (Å²) in [6.07, 6.45) is 1.61. The summed E-state index contributed by atoms with van der Waals surface area (Å²) in [6.45, 7) is 4.16. The minimum absolute atomic E-state index is 0.0946. The van der Waals surface area contributed by atoms with E-state index < -0.39 is 27.8 Å². The molecule has 1 N–H and O–H groups in total. The van der Waals surface area contributed by atoms with E-state index in [1.807, 2.05) is 0 Å². The van der Waals surface area contributed by atoms with Crippen molar-refractivity contribution in [3.8, 4) is 11.4 Å². The molecule has 0 spiro atoms. The second kappa shape index (κ2) is 6.18. The molecule has 1 aromatic heterocycles. The lowest BCUT2D eigenvalue weighted by Crippen LogP contribution is -2.12. The van der Waals surface area contributed by atoms with Crippen LogP contribution in [-0.2, 0) is 6.54 Å². The fourth-order valence-electron chi connectivity index (χ4n) is 1.60. The van der Waals surface area contributed by atoms with Crippen LogP contribution in [0.4, 0.5) is 14.5 Å². The van der Waals surface area contributed by atoms with Gasteiger partial charge < -0.3 is 9.84 Å². The number of benzene rings is 1. The van der Waals surface area contributed by atoms with Crippen LogP contribution in [0.3, 0.4) is 0 Å². The van der Waals surface area contributed by atoms with Gasteiger partial charge in [-0.05, 0) is 6.07 Å². The van der Waals surface area contributed by atoms with Crippen molar-refractivity contribution in [3.05, 3.63) is 52.4 Å². The van der Waals surface area contributed by atoms with E-state index in [4.69, 9.17) is 4.52 Å². The minimum Gasteiger partial charge on any atom is -0.338 e. The molecule has 0 unspecified atom stereocenters. The number of nitro benzene ring substituents is 1. The summed E-state index contributed by atoms with van der Waals surface area (Å²) in [5.41, 5.74) is -1.55. The van der Waals surface area contributed by atoms with Gasteiger partial charge in [0.15, 0.2) is 0 Å². The van der Waals surface area contributed by atoms with Crippen molar-refractivity contribution in [1.82, 2.24) is 15.5 Å². The highest BCUT2D eigenvalue weighted by Crippen LogP contribution is 2.29. The van der Waals surface area contributed by atoms with Crippen molar-refractivity contribution in [2.24, 2.45) is 0 Å². The Kier molecular flexibility index (Phi) is 4.33. The van der Waals surface area contributed by atoms with E-state index in [2.05, 4.69) is 22.0 Å². The molecule has 0 aliphatic rings. The highest BCUT2D eigenvalue weighted by atomic mass is 19.1. The van der Waals surface area contributed by atoms with E-state index in [-0.39, 0.29) is 18.3 Å². The molecule has 9 heteroatoms. The molecule has 110 valence electrons. The van der Waals surface area contributed by atoms with Crippen molar-refractivity contribution in [1.29, 1.82) is 0 Å². The van der Waals surface area contributed by atoms with Crippen LogP contribution in [0.2, 0.25) is 0 Å². The highest BCUT2D eigenvalue weighted by molar-refractivity contribution is 5.61. The van der Waals surface area contributed by atoms with E-state index in [9.17, 15) is 18.9 Å². The number of nitro groups is 1. The van der Waals surface area contributed by atoms with Gasteiger partial charge in [0, 0.05) is 12.6 Å². The molecule has 21 heavy (non-hydrogen) atoms. The topological polar surface area (TPSA) is 94.1 Å². The Hall–Kier alpha value is -2.68. The molecule has 7 nitrogen and oxygen atoms in total. The molecular formula is C12H10F2N4O3. The van der Waals surface area contributed by atoms with Gasteiger partial charge in [-0.1, -0.05) is 11.2 Å². The van der Waals surface area contributed by atoms with Crippen molar-refractivity contribution in [2.75, 3.05) is 6.54 Å². The lowest BCUT2D eigenvalue weighted by molar-refractivity contribution is -0.387. The second-order valence-corrected chi connectivity index (χ2v) is 3.94. The van der Waals surface area contributed by atoms with Gasteiger partial charge in [-0.25, -0.2) is 4.39 Å². The predicted molar refractivity (Wildman–Crippen MR) is 68.2 cm³/mol. The van der Waals surface area contributed by atoms with E-state index >= 15 is 0 Å². The first-order valence-electron chi connectivity index (χ1n) is 5.81. The maximum atomic E-state index is 14.0. The molecule has 0 fully saturated rings. The third-order valence-electron chi connectivity index (χ3n) is 2.52. The Labute approximate surface area is 117 Å². The highest BCUT2D eigenvalue weighted by Gasteiger charge is 2.25. The average molecular weight is 296 g/mol. The zero-order valence-electron chi connectivity index (χ0n) is 10.7. The number of nitrogens with zero attached hydrogens (tertiary/aromatic N) is 3. The van der Waals surface area contributed by atoms with Crippen molar-refractivity contribution >= 4 is 5.69 Å². The van der Waals surface area contributed by atoms with Gasteiger partial charge in [-0.15, -0.1) is 6.58 Å². The third kappa shape index (κ3) is 3.08. The number of hydrogen-bond acceptors (Lipinski definition) is 6. The first-order chi connectivity index (χ1) is 10.0. The summed E-state index contributed by atoms with van der Waals surface area (Å²) in [5, 5.41) is 17.0. The van der Waals surface area contributed by atoms with Gasteiger partial charge in [0.2, 0.25) is 17.5 Å². The van der Waals surface area contributed by atoms with E-state index in [1.165, 1.54) is 0 Å². The smallest absolute Gasteiger partial charge is 0.305 e. The van der Waals surface area contributed by atoms with Crippen molar-refractivity contribution < 1.29 is 18.2 Å². The molecular weight excluding hydrogens is 286 g/mol. The van der Waals surface area contributed by atoms with E-state index in [1.54, 1.807) is 6.08 Å². The molecule has 0 saturated carbocycles. The second-order valence-electron chi connectivity index (χ2n) is 3.94. The molecule has 0 bridgehead atoms. The maximum absolute atomic E-state index is 14.0. The molecule has 0 aliphatic carbocycles. The summed E-state index contributed by atoms with van der Waals surface area (Å²) < 4.78 is 32.5. The molecule has 2 aromatic rings. The quantitative estimate of drug-likeness (QED) is 0.380. The molecule has 0 aliphatic heterocycles. The van der Waals surface area contributed by atoms with Crippen molar-refractivity contribution in [2.45, 2.75) is 6.54 Å². The van der Waals surface area contributed by atoms with Gasteiger partial charge in [-0.2, -0.15) is 9.37 Å². The third-order valence-corrected chi connectivity index (χ3v) is 2.52. The van der Waals surface area contributed by atoms with Crippen LogP contribution < -0.4 is 5.32 Å². The molecule has 0 radical (unpaired) electrons. The SMILES string of the molecule is C=CCNCc1nc(-c2c(F)ccc([N+](=O)[O-])c2F)no1. The maximum Gasteiger partial charge on any atom is 0.305 e. The van der Waals surface area contributed by atoms with Crippen LogP contribution in [0.25, 0.3) is 11.4 Å². The number of hydrogen-bond donors (Lipinski definition) is 1. The van der Waals surface area contributed by atoms with Gasteiger partial charge in [0.25, 0.3) is 0 Å². The minimum atomic E-state index is -1.34. The Balaban J connectivity index is 2.35. The number of nitrogens with one attached hydrogen (secondary N) is 1. The van der Waals surface area contributed by atoms with E-state index in [0.29, 0.717) is 6.54 Å². The Morgan fingerprint density at radius 2 is 2.24 bits per heavy atom. The Morgan fingerprint density at radius 3 is 2.90 bits per heavy atom. The summed E-state index contributed by atoms with van der Waals surface area (Å²) >= 11 is 0. The Bertz CT molecular complexity index is 687. The fraction of sp³-hybridized carbons (Fsp3) is 0.167. The summed E-state index contributed by atoms with van der Waals surface area (Å²) in [4.78, 5) is 13.5. The molecule has 2 rings (SSSR count). The largest absolute Gasteiger partial charge is 0.338 e. The van der Waals surface area contributed by atoms with Crippen LogP contribution in [0.15, 0.2) is 29.3 Å². The van der Waals surface area contributed by atoms with Crippen LogP contribution >= 0.6 is 0 Å². The molecule has 1 heterocycles. The summed E-state index contributed by atoms with van der Waals surface area (Å²) in [6, 6.07) is 1.52. The van der Waals surface area contributed by atoms with Gasteiger partial charge in [0.1, 0.15) is 11.4 Å². The average Bonchev–Trinajstić information content (AvgIpc) is 2.87. The lowest BCUT2D eigenvalue weighted by Gasteiger charge is -2.00. The van der Waals surface area contributed by atoms with Gasteiger partial charge in [0.05, 0.1) is 11.5 Å². The summed E-state index contributed by atoms with van der Waals surface area (Å²) in [5.74, 6) is -2.64. The number of rotatable bonds is 6. The van der Waals surface area contributed by atoms with Crippen LogP contribution in [0.5, 0.6) is 0 Å². The monoisotopic (exact) mass is 296 g/mol. The first kappa shape index (κ1) is 14.7. The van der Waals surface area contributed by atoms with E-state index in [0.717, 1.165) is 12.1 Å². The predicted octanol–water partition coefficient (Wildman–Crippen LogP) is 2.20. The zero-order chi connectivity index (χ0) is 15.4. The molecule has 1 aromatic carbocycles. The normalized spacial score (nSPS) is 10.6.